The molecule has 0 saturated heterocycles. The molecule has 0 atom stereocenters. The van der Waals surface area contributed by atoms with Crippen LogP contribution in [0.5, 0.6) is 0 Å². The summed E-state index contributed by atoms with van der Waals surface area (Å²) < 4.78 is 4.85. The number of unbranched alkanes of at least 4 members (excludes halogenated alkanes) is 9. The van der Waals surface area contributed by atoms with Gasteiger partial charge in [0.15, 0.2) is 0 Å². The van der Waals surface area contributed by atoms with Crippen LogP contribution in [0.3, 0.4) is 0 Å². The van der Waals surface area contributed by atoms with Gasteiger partial charge < -0.3 is 4.42 Å². The van der Waals surface area contributed by atoms with Crippen molar-refractivity contribution in [1.82, 2.24) is 10.2 Å². The molecule has 4 nitrogen and oxygen atoms in total. The van der Waals surface area contributed by atoms with Crippen molar-refractivity contribution in [3.8, 4) is 0 Å². The number of aromatic amines is 1. The van der Waals surface area contributed by atoms with E-state index in [2.05, 4.69) is 17.1 Å². The summed E-state index contributed by atoms with van der Waals surface area (Å²) in [5.41, 5.74) is 0. The van der Waals surface area contributed by atoms with Crippen molar-refractivity contribution in [2.24, 2.45) is 0 Å². The zero-order chi connectivity index (χ0) is 15.2. The maximum atomic E-state index is 10.7. The predicted molar refractivity (Wildman–Crippen MR) is 90.0 cm³/mol. The Balaban J connectivity index is 1.75. The Morgan fingerprint density at radius 3 is 2.14 bits per heavy atom. The van der Waals surface area contributed by atoms with Gasteiger partial charge in [-0.15, -0.1) is 5.10 Å². The molecular weight excluding hydrogens is 284 g/mol. The molecule has 0 amide bonds. The van der Waals surface area contributed by atoms with Crippen LogP contribution in [-0.2, 0) is 6.42 Å². The third-order valence-corrected chi connectivity index (χ3v) is 4.66. The normalized spacial score (nSPS) is 11.1. The van der Waals surface area contributed by atoms with Gasteiger partial charge in [-0.25, -0.2) is 9.89 Å². The Hall–Kier alpha value is -0.710. The number of nitrogens with zero attached hydrogens (tertiary/aromatic N) is 1. The minimum absolute atomic E-state index is 0.454. The first-order chi connectivity index (χ1) is 10.3. The summed E-state index contributed by atoms with van der Waals surface area (Å²) in [5, 5.41) is 6.08. The van der Waals surface area contributed by atoms with Crippen molar-refractivity contribution in [1.29, 1.82) is 0 Å². The van der Waals surface area contributed by atoms with E-state index >= 15 is 0 Å². The first-order valence-corrected chi connectivity index (χ1v) is 9.60. The summed E-state index contributed by atoms with van der Waals surface area (Å²) in [7, 11) is 0. The first-order valence-electron chi connectivity index (χ1n) is 8.45. The molecule has 5 heteroatoms. The van der Waals surface area contributed by atoms with Crippen LogP contribution in [0.25, 0.3) is 0 Å². The molecule has 0 spiro atoms. The fourth-order valence-electron chi connectivity index (χ4n) is 2.32. The van der Waals surface area contributed by atoms with Crippen LogP contribution in [0.15, 0.2) is 9.21 Å². The molecule has 1 heterocycles. The summed E-state index contributed by atoms with van der Waals surface area (Å²) in [6.45, 7) is 2.27. The van der Waals surface area contributed by atoms with Crippen LogP contribution in [0, 0.1) is 0 Å². The highest BCUT2D eigenvalue weighted by Crippen LogP contribution is 2.12. The average Bonchev–Trinajstić information content (AvgIpc) is 2.89. The van der Waals surface area contributed by atoms with Crippen LogP contribution in [0.2, 0.25) is 0 Å². The minimum atomic E-state index is -0.454. The largest absolute Gasteiger partial charge is 0.434 e. The number of H-pyrrole nitrogens is 1. The topological polar surface area (TPSA) is 58.9 Å². The van der Waals surface area contributed by atoms with Crippen molar-refractivity contribution in [2.45, 2.75) is 77.6 Å². The highest BCUT2D eigenvalue weighted by Gasteiger charge is 2.00. The van der Waals surface area contributed by atoms with Gasteiger partial charge in [0.1, 0.15) is 0 Å². The van der Waals surface area contributed by atoms with E-state index < -0.39 is 5.76 Å². The third-order valence-electron chi connectivity index (χ3n) is 3.58. The Labute approximate surface area is 132 Å². The van der Waals surface area contributed by atoms with Crippen LogP contribution >= 0.6 is 11.8 Å². The highest BCUT2D eigenvalue weighted by atomic mass is 32.2. The molecule has 0 aromatic carbocycles. The lowest BCUT2D eigenvalue weighted by atomic mass is 10.1. The van der Waals surface area contributed by atoms with Gasteiger partial charge in [0.05, 0.1) is 0 Å². The Morgan fingerprint density at radius 1 is 0.952 bits per heavy atom. The van der Waals surface area contributed by atoms with Crippen LogP contribution < -0.4 is 5.76 Å². The van der Waals surface area contributed by atoms with E-state index in [9.17, 15) is 4.79 Å². The van der Waals surface area contributed by atoms with Crippen molar-refractivity contribution >= 4 is 11.8 Å². The van der Waals surface area contributed by atoms with E-state index in [1.807, 2.05) is 11.8 Å². The quantitative estimate of drug-likeness (QED) is 0.511. The minimum Gasteiger partial charge on any atom is -0.392 e. The molecule has 1 N–H and O–H groups in total. The number of aromatic nitrogens is 2. The molecule has 122 valence electrons. The van der Waals surface area contributed by atoms with Gasteiger partial charge in [-0.05, 0) is 12.2 Å². The lowest BCUT2D eigenvalue weighted by molar-refractivity contribution is 0.468. The van der Waals surface area contributed by atoms with E-state index in [1.54, 1.807) is 0 Å². The Kier molecular flexibility index (Phi) is 11.3. The molecule has 0 unspecified atom stereocenters. The van der Waals surface area contributed by atoms with Crippen molar-refractivity contribution < 1.29 is 4.42 Å². The van der Waals surface area contributed by atoms with E-state index in [1.165, 1.54) is 70.0 Å². The molecule has 0 aliphatic heterocycles. The second-order valence-electron chi connectivity index (χ2n) is 5.55. The first kappa shape index (κ1) is 18.3. The molecule has 1 rings (SSSR count). The standard InChI is InChI=1S/C16H30N2O2S/c1-2-3-4-5-6-7-8-9-10-11-13-21-14-12-15-17-18-16(19)20-15/h2-14H2,1H3,(H,18,19). The summed E-state index contributed by atoms with van der Waals surface area (Å²) >= 11 is 1.92. The van der Waals surface area contributed by atoms with Gasteiger partial charge in [-0.3, -0.25) is 0 Å². The maximum absolute atomic E-state index is 10.7. The van der Waals surface area contributed by atoms with Gasteiger partial charge in [0, 0.05) is 12.2 Å². The molecule has 0 aliphatic rings. The Bertz CT molecular complexity index is 390. The number of thioether (sulfide) groups is 1. The van der Waals surface area contributed by atoms with Gasteiger partial charge >= 0.3 is 5.76 Å². The summed E-state index contributed by atoms with van der Waals surface area (Å²) in [4.78, 5) is 10.7. The molecule has 0 bridgehead atoms. The molecule has 0 aliphatic carbocycles. The molecule has 0 radical (unpaired) electrons. The molecule has 0 fully saturated rings. The lowest BCUT2D eigenvalue weighted by Gasteiger charge is -2.02. The molecule has 21 heavy (non-hydrogen) atoms. The fraction of sp³-hybridized carbons (Fsp3) is 0.875. The Morgan fingerprint density at radius 2 is 1.57 bits per heavy atom. The maximum Gasteiger partial charge on any atom is 0.434 e. The van der Waals surface area contributed by atoms with E-state index in [-0.39, 0.29) is 0 Å². The van der Waals surface area contributed by atoms with Crippen LogP contribution in [0.4, 0.5) is 0 Å². The fourth-order valence-corrected chi connectivity index (χ4v) is 3.25. The van der Waals surface area contributed by atoms with E-state index in [0.717, 1.165) is 12.2 Å². The van der Waals surface area contributed by atoms with Crippen molar-refractivity contribution in [2.75, 3.05) is 11.5 Å². The third kappa shape index (κ3) is 10.6. The lowest BCUT2D eigenvalue weighted by Crippen LogP contribution is -1.94. The molecule has 1 aromatic rings. The summed E-state index contributed by atoms with van der Waals surface area (Å²) in [6, 6.07) is 0. The number of hydrogen-bond donors (Lipinski definition) is 1. The van der Waals surface area contributed by atoms with Crippen molar-refractivity contribution in [3.63, 3.8) is 0 Å². The molecular formula is C16H30N2O2S. The number of rotatable bonds is 14. The zero-order valence-electron chi connectivity index (χ0n) is 13.4. The molecule has 1 aromatic heterocycles. The van der Waals surface area contributed by atoms with E-state index in [0.29, 0.717) is 5.89 Å². The van der Waals surface area contributed by atoms with Crippen molar-refractivity contribution in [3.05, 3.63) is 16.4 Å². The second-order valence-corrected chi connectivity index (χ2v) is 6.78. The monoisotopic (exact) mass is 314 g/mol. The van der Waals surface area contributed by atoms with E-state index in [4.69, 9.17) is 4.42 Å². The van der Waals surface area contributed by atoms with Gasteiger partial charge in [0.25, 0.3) is 0 Å². The summed E-state index contributed by atoms with van der Waals surface area (Å²) in [6.07, 6.45) is 14.6. The number of aryl methyl sites for hydroxylation is 1. The average molecular weight is 314 g/mol. The predicted octanol–water partition coefficient (Wildman–Crippen LogP) is 4.56. The summed E-state index contributed by atoms with van der Waals surface area (Å²) in [5.74, 6) is 2.25. The van der Waals surface area contributed by atoms with Gasteiger partial charge in [-0.1, -0.05) is 64.7 Å². The number of hydrogen-bond acceptors (Lipinski definition) is 4. The SMILES string of the molecule is CCCCCCCCCCCCSCCc1n[nH]c(=O)o1. The molecule has 0 saturated carbocycles. The van der Waals surface area contributed by atoms with Crippen LogP contribution in [-0.4, -0.2) is 21.7 Å². The zero-order valence-corrected chi connectivity index (χ0v) is 14.2. The number of nitrogens with one attached hydrogen (secondary N) is 1. The highest BCUT2D eigenvalue weighted by molar-refractivity contribution is 7.99. The van der Waals surface area contributed by atoms with Gasteiger partial charge in [0.2, 0.25) is 5.89 Å². The van der Waals surface area contributed by atoms with Gasteiger partial charge in [-0.2, -0.15) is 11.8 Å². The second kappa shape index (κ2) is 13.0. The van der Waals surface area contributed by atoms with Crippen LogP contribution in [0.1, 0.15) is 77.0 Å². The smallest absolute Gasteiger partial charge is 0.392 e.